The first-order valence-electron chi connectivity index (χ1n) is 7.61. The lowest BCUT2D eigenvalue weighted by Gasteiger charge is -2.07. The van der Waals surface area contributed by atoms with Gasteiger partial charge in [0.25, 0.3) is 5.91 Å². The standard InChI is InChI=1S/C19H21N3O/c1-5-10-22-14(4)17(16-8-6-7-9-18(16)22)11-15(12-20)19(23)21-13(2)3/h5-9,11,13H,1,10H2,2-4H3,(H,21,23)/b15-11+. The normalized spacial score (nSPS) is 11.5. The number of hydrogen-bond donors (Lipinski definition) is 1. The molecule has 23 heavy (non-hydrogen) atoms. The number of amides is 1. The topological polar surface area (TPSA) is 57.8 Å². The summed E-state index contributed by atoms with van der Waals surface area (Å²) < 4.78 is 2.13. The minimum atomic E-state index is -0.345. The van der Waals surface area contributed by atoms with Gasteiger partial charge in [-0.25, -0.2) is 0 Å². The second kappa shape index (κ2) is 6.97. The third-order valence-corrected chi connectivity index (χ3v) is 3.66. The van der Waals surface area contributed by atoms with Gasteiger partial charge in [0.05, 0.1) is 0 Å². The average Bonchev–Trinajstić information content (AvgIpc) is 2.77. The second-order valence-corrected chi connectivity index (χ2v) is 5.71. The van der Waals surface area contributed by atoms with E-state index in [9.17, 15) is 10.1 Å². The van der Waals surface area contributed by atoms with E-state index in [1.807, 2.05) is 57.2 Å². The minimum absolute atomic E-state index is 0.0116. The largest absolute Gasteiger partial charge is 0.349 e. The van der Waals surface area contributed by atoms with Gasteiger partial charge in [-0.1, -0.05) is 24.3 Å². The van der Waals surface area contributed by atoms with Crippen LogP contribution in [0.3, 0.4) is 0 Å². The molecule has 0 radical (unpaired) electrons. The third kappa shape index (κ3) is 3.35. The van der Waals surface area contributed by atoms with Gasteiger partial charge in [-0.2, -0.15) is 5.26 Å². The number of nitrogens with zero attached hydrogens (tertiary/aromatic N) is 2. The molecule has 0 aliphatic rings. The predicted molar refractivity (Wildman–Crippen MR) is 93.7 cm³/mol. The first kappa shape index (κ1) is 16.6. The molecule has 2 rings (SSSR count). The molecule has 4 nitrogen and oxygen atoms in total. The Hall–Kier alpha value is -2.80. The third-order valence-electron chi connectivity index (χ3n) is 3.66. The van der Waals surface area contributed by atoms with E-state index in [2.05, 4.69) is 16.5 Å². The van der Waals surface area contributed by atoms with Crippen LogP contribution in [0, 0.1) is 18.3 Å². The molecule has 0 aliphatic heterocycles. The van der Waals surface area contributed by atoms with Gasteiger partial charge in [0.15, 0.2) is 0 Å². The quantitative estimate of drug-likeness (QED) is 0.521. The maximum Gasteiger partial charge on any atom is 0.262 e. The van der Waals surface area contributed by atoms with Gasteiger partial charge >= 0.3 is 0 Å². The zero-order valence-electron chi connectivity index (χ0n) is 13.8. The maximum absolute atomic E-state index is 12.1. The van der Waals surface area contributed by atoms with Crippen LogP contribution < -0.4 is 5.32 Å². The molecule has 1 amide bonds. The summed E-state index contributed by atoms with van der Waals surface area (Å²) >= 11 is 0. The summed E-state index contributed by atoms with van der Waals surface area (Å²) in [4.78, 5) is 12.1. The van der Waals surface area contributed by atoms with Gasteiger partial charge in [-0.15, -0.1) is 6.58 Å². The van der Waals surface area contributed by atoms with E-state index in [-0.39, 0.29) is 17.5 Å². The molecule has 1 aromatic heterocycles. The Morgan fingerprint density at radius 1 is 1.43 bits per heavy atom. The highest BCUT2D eigenvalue weighted by atomic mass is 16.1. The van der Waals surface area contributed by atoms with E-state index in [0.717, 1.165) is 22.2 Å². The fourth-order valence-corrected chi connectivity index (χ4v) is 2.64. The molecule has 0 atom stereocenters. The van der Waals surface area contributed by atoms with Crippen LogP contribution in [0.4, 0.5) is 0 Å². The highest BCUT2D eigenvalue weighted by Crippen LogP contribution is 2.28. The first-order valence-corrected chi connectivity index (χ1v) is 7.61. The molecule has 0 fully saturated rings. The number of nitriles is 1. The SMILES string of the molecule is C=CCn1c(C)c(/C=C(\C#N)C(=O)NC(C)C)c2ccccc21. The van der Waals surface area contributed by atoms with E-state index < -0.39 is 0 Å². The van der Waals surface area contributed by atoms with Crippen molar-refractivity contribution < 1.29 is 4.79 Å². The van der Waals surface area contributed by atoms with E-state index in [0.29, 0.717) is 6.54 Å². The number of nitrogens with one attached hydrogen (secondary N) is 1. The van der Waals surface area contributed by atoms with E-state index >= 15 is 0 Å². The number of benzene rings is 1. The molecule has 0 aliphatic carbocycles. The van der Waals surface area contributed by atoms with Crippen LogP contribution in [-0.4, -0.2) is 16.5 Å². The summed E-state index contributed by atoms with van der Waals surface area (Å²) in [5.74, 6) is -0.345. The summed E-state index contributed by atoms with van der Waals surface area (Å²) in [5.41, 5.74) is 3.09. The van der Waals surface area contributed by atoms with Crippen LogP contribution in [0.1, 0.15) is 25.1 Å². The molecular formula is C19H21N3O. The van der Waals surface area contributed by atoms with Crippen molar-refractivity contribution >= 4 is 22.9 Å². The van der Waals surface area contributed by atoms with Crippen molar-refractivity contribution in [3.63, 3.8) is 0 Å². The summed E-state index contributed by atoms with van der Waals surface area (Å²) in [6, 6.07) is 9.96. The fraction of sp³-hybridized carbons (Fsp3) is 0.263. The lowest BCUT2D eigenvalue weighted by Crippen LogP contribution is -2.30. The van der Waals surface area contributed by atoms with Crippen LogP contribution in [0.25, 0.3) is 17.0 Å². The zero-order valence-corrected chi connectivity index (χ0v) is 13.8. The number of allylic oxidation sites excluding steroid dienone is 1. The number of carbonyl (C=O) groups is 1. The summed E-state index contributed by atoms with van der Waals surface area (Å²) in [6.45, 7) is 10.2. The Labute approximate surface area is 136 Å². The molecule has 1 heterocycles. The molecule has 4 heteroatoms. The van der Waals surface area contributed by atoms with Gasteiger partial charge in [-0.05, 0) is 32.9 Å². The number of rotatable bonds is 5. The molecule has 0 bridgehead atoms. The fourth-order valence-electron chi connectivity index (χ4n) is 2.64. The van der Waals surface area contributed by atoms with Crippen LogP contribution in [0.2, 0.25) is 0 Å². The van der Waals surface area contributed by atoms with Crippen LogP contribution in [0.15, 0.2) is 42.5 Å². The van der Waals surface area contributed by atoms with Crippen molar-refractivity contribution in [2.75, 3.05) is 0 Å². The lowest BCUT2D eigenvalue weighted by molar-refractivity contribution is -0.117. The maximum atomic E-state index is 12.1. The van der Waals surface area contributed by atoms with Crippen molar-refractivity contribution in [2.45, 2.75) is 33.4 Å². The molecule has 118 valence electrons. The molecule has 1 N–H and O–H groups in total. The Morgan fingerprint density at radius 2 is 2.13 bits per heavy atom. The van der Waals surface area contributed by atoms with Crippen molar-refractivity contribution in [1.82, 2.24) is 9.88 Å². The predicted octanol–water partition coefficient (Wildman–Crippen LogP) is 3.57. The molecule has 0 unspecified atom stereocenters. The van der Waals surface area contributed by atoms with Crippen LogP contribution in [-0.2, 0) is 11.3 Å². The molecule has 0 spiro atoms. The van der Waals surface area contributed by atoms with Crippen molar-refractivity contribution in [3.8, 4) is 6.07 Å². The van der Waals surface area contributed by atoms with Crippen molar-refractivity contribution in [1.29, 1.82) is 5.26 Å². The number of carbonyl (C=O) groups excluding carboxylic acids is 1. The van der Waals surface area contributed by atoms with Crippen molar-refractivity contribution in [2.24, 2.45) is 0 Å². The number of fused-ring (bicyclic) bond motifs is 1. The Bertz CT molecular complexity index is 819. The number of hydrogen-bond acceptors (Lipinski definition) is 2. The van der Waals surface area contributed by atoms with Gasteiger partial charge < -0.3 is 9.88 Å². The number of aromatic nitrogens is 1. The molecular weight excluding hydrogens is 286 g/mol. The van der Waals surface area contributed by atoms with Crippen LogP contribution in [0.5, 0.6) is 0 Å². The molecule has 0 saturated heterocycles. The molecule has 1 aromatic carbocycles. The average molecular weight is 307 g/mol. The van der Waals surface area contributed by atoms with Crippen LogP contribution >= 0.6 is 0 Å². The van der Waals surface area contributed by atoms with Gasteiger partial charge in [0.1, 0.15) is 11.6 Å². The second-order valence-electron chi connectivity index (χ2n) is 5.71. The smallest absolute Gasteiger partial charge is 0.262 e. The van der Waals surface area contributed by atoms with E-state index in [1.165, 1.54) is 0 Å². The summed E-state index contributed by atoms with van der Waals surface area (Å²) in [5, 5.41) is 13.1. The van der Waals surface area contributed by atoms with E-state index in [1.54, 1.807) is 6.08 Å². The summed E-state index contributed by atoms with van der Waals surface area (Å²) in [6.07, 6.45) is 3.51. The highest BCUT2D eigenvalue weighted by Gasteiger charge is 2.15. The molecule has 0 saturated carbocycles. The Morgan fingerprint density at radius 3 is 2.74 bits per heavy atom. The first-order chi connectivity index (χ1) is 11.0. The Balaban J connectivity index is 2.61. The van der Waals surface area contributed by atoms with Gasteiger partial charge in [-0.3, -0.25) is 4.79 Å². The Kier molecular flexibility index (Phi) is 5.02. The zero-order chi connectivity index (χ0) is 17.0. The summed E-state index contributed by atoms with van der Waals surface area (Å²) in [7, 11) is 0. The molecule has 2 aromatic rings. The highest BCUT2D eigenvalue weighted by molar-refractivity contribution is 6.04. The lowest BCUT2D eigenvalue weighted by atomic mass is 10.1. The number of para-hydroxylation sites is 1. The van der Waals surface area contributed by atoms with Crippen molar-refractivity contribution in [3.05, 3.63) is 53.8 Å². The monoisotopic (exact) mass is 307 g/mol. The van der Waals surface area contributed by atoms with Gasteiger partial charge in [0, 0.05) is 34.7 Å². The van der Waals surface area contributed by atoms with Gasteiger partial charge in [0.2, 0.25) is 0 Å². The van der Waals surface area contributed by atoms with E-state index in [4.69, 9.17) is 0 Å². The minimum Gasteiger partial charge on any atom is -0.349 e.